The molecule has 9 rings (SSSR count). The number of aromatic amines is 2. The van der Waals surface area contributed by atoms with Crippen LogP contribution in [-0.4, -0.2) is 114 Å². The Morgan fingerprint density at radius 2 is 1.29 bits per heavy atom. The fraction of sp³-hybridized carbons (Fsp3) is 0.326. The van der Waals surface area contributed by atoms with E-state index < -0.39 is 23.8 Å². The van der Waals surface area contributed by atoms with Crippen molar-refractivity contribution in [3.63, 3.8) is 0 Å². The van der Waals surface area contributed by atoms with Crippen LogP contribution in [0.3, 0.4) is 0 Å². The lowest BCUT2D eigenvalue weighted by Gasteiger charge is -2.32. The molecule has 0 saturated carbocycles. The summed E-state index contributed by atoms with van der Waals surface area (Å²) in [7, 11) is 1.19. The van der Waals surface area contributed by atoms with Crippen LogP contribution >= 0.6 is 34.5 Å². The van der Waals surface area contributed by atoms with E-state index in [4.69, 9.17) is 23.2 Å². The largest absolute Gasteiger partial charge is 0.453 e. The number of carbonyl (C=O) groups excluding carboxylic acids is 3. The van der Waals surface area contributed by atoms with Crippen molar-refractivity contribution in [2.45, 2.75) is 32.6 Å². The van der Waals surface area contributed by atoms with Crippen molar-refractivity contribution in [2.75, 3.05) is 62.3 Å². The number of imide groups is 1. The van der Waals surface area contributed by atoms with Gasteiger partial charge in [0.15, 0.2) is 34.9 Å². The maximum atomic E-state index is 14.5. The molecule has 0 bridgehead atoms. The third-order valence-electron chi connectivity index (χ3n) is 11.0. The second-order valence-electron chi connectivity index (χ2n) is 15.8. The number of aryl methyl sites for hydroxylation is 1. The van der Waals surface area contributed by atoms with Crippen LogP contribution in [0.15, 0.2) is 60.8 Å². The quantitative estimate of drug-likeness (QED) is 0.0798. The normalized spacial score (nSPS) is 16.1. The summed E-state index contributed by atoms with van der Waals surface area (Å²) in [6.45, 7) is 5.14. The van der Waals surface area contributed by atoms with Crippen molar-refractivity contribution in [2.24, 2.45) is 11.8 Å². The number of carbonyl (C=O) groups is 3. The number of piperidine rings is 2. The molecule has 7 aromatic heterocycles. The van der Waals surface area contributed by atoms with Gasteiger partial charge in [0.2, 0.25) is 0 Å². The van der Waals surface area contributed by atoms with Gasteiger partial charge < -0.3 is 35.1 Å². The van der Waals surface area contributed by atoms with Crippen molar-refractivity contribution in [1.82, 2.24) is 55.0 Å². The number of fused-ring (bicyclic) bond motifs is 2. The molecule has 2 saturated heterocycles. The van der Waals surface area contributed by atoms with E-state index >= 15 is 0 Å². The molecule has 23 heteroatoms. The molecule has 2 fully saturated rings. The van der Waals surface area contributed by atoms with Crippen molar-refractivity contribution in [1.29, 1.82) is 0 Å². The Bertz CT molecular complexity index is 2880. The molecule has 2 atom stereocenters. The highest BCUT2D eigenvalue weighted by atomic mass is 35.5. The molecule has 7 aromatic rings. The first kappa shape index (κ1) is 45.8. The number of thiophene rings is 1. The fourth-order valence-electron chi connectivity index (χ4n) is 7.78. The number of alkyl carbamates (subject to hydrolysis) is 1. The van der Waals surface area contributed by atoms with E-state index in [9.17, 15) is 23.2 Å². The number of hydrogen-bond donors (Lipinski definition) is 6. The standard InChI is InChI=1S/C23H23ClFN7OS.C20H21ClFN7O3/c1-13-5-19(34-12-13)30-23(33)32-4-2-3-14(11-32)7-26-22-18(25)10-29-21(31-22)17-9-28-20-16(17)6-15(24)8-27-20;1-32-20(31)28-19(30)29-4-2-3-11(10-29)6-23-18-15(22)9-26-17(27-18)14-8-25-16-13(14)5-12(21)7-24-16/h5-6,8-10,12,14H,2-4,7,11H2,1H3,(H,27,28)(H,30,33)(H,26,29,31);5,7-9,11H,2-4,6,10H2,1H3,(H,24,25)(H,23,26,27)(H,28,30,31). The monoisotopic (exact) mass is 960 g/mol. The van der Waals surface area contributed by atoms with Gasteiger partial charge in [-0.25, -0.2) is 58.4 Å². The number of nitrogens with zero attached hydrogens (tertiary/aromatic N) is 8. The Morgan fingerprint density at radius 1 is 0.773 bits per heavy atom. The van der Waals surface area contributed by atoms with Crippen molar-refractivity contribution in [3.8, 4) is 22.8 Å². The number of aromatic nitrogens is 8. The van der Waals surface area contributed by atoms with Crippen LogP contribution in [0.4, 0.5) is 39.8 Å². The summed E-state index contributed by atoms with van der Waals surface area (Å²) in [6.07, 6.45) is 11.4. The van der Waals surface area contributed by atoms with Crippen molar-refractivity contribution in [3.05, 3.63) is 88.0 Å². The van der Waals surface area contributed by atoms with Gasteiger partial charge in [-0.3, -0.25) is 5.32 Å². The van der Waals surface area contributed by atoms with E-state index in [-0.39, 0.29) is 29.5 Å². The summed E-state index contributed by atoms with van der Waals surface area (Å²) in [5, 5.41) is 16.6. The summed E-state index contributed by atoms with van der Waals surface area (Å²) in [5.74, 6) is 0.0149. The average Bonchev–Trinajstić information content (AvgIpc) is 4.06. The lowest BCUT2D eigenvalue weighted by Crippen LogP contribution is -2.48. The van der Waals surface area contributed by atoms with Gasteiger partial charge in [-0.15, -0.1) is 11.3 Å². The first-order valence-electron chi connectivity index (χ1n) is 20.9. The number of ether oxygens (including phenoxy) is 1. The lowest BCUT2D eigenvalue weighted by atomic mass is 9.98. The molecule has 2 aliphatic heterocycles. The molecule has 0 aliphatic carbocycles. The van der Waals surface area contributed by atoms with Gasteiger partial charge in [-0.2, -0.15) is 0 Å². The topological polar surface area (TPSA) is 224 Å². The van der Waals surface area contributed by atoms with Crippen molar-refractivity contribution < 1.29 is 27.9 Å². The number of pyridine rings is 2. The number of hydrogen-bond acceptors (Lipinski definition) is 13. The van der Waals surface area contributed by atoms with Gasteiger partial charge in [-0.05, 0) is 73.6 Å². The number of amides is 5. The van der Waals surface area contributed by atoms with Crippen LogP contribution in [0.1, 0.15) is 31.2 Å². The fourth-order valence-corrected chi connectivity index (χ4v) is 8.88. The zero-order valence-electron chi connectivity index (χ0n) is 35.6. The smallest absolute Gasteiger partial charge is 0.415 e. The molecule has 2 aliphatic rings. The highest BCUT2D eigenvalue weighted by Gasteiger charge is 2.27. The molecule has 0 spiro atoms. The molecule has 5 amide bonds. The molecular weight excluding hydrogens is 918 g/mol. The molecule has 18 nitrogen and oxygen atoms in total. The SMILES string of the molecule is COC(=O)NC(=O)N1CCCC(CNc2nc(-c3c[nH]c4ncc(Cl)cc34)ncc2F)C1.Cc1csc(NC(=O)N2CCCC(CNc3nc(-c4c[nH]c5ncc(Cl)cc45)ncc3F)C2)c1. The van der Waals surface area contributed by atoms with Gasteiger partial charge >= 0.3 is 18.2 Å². The minimum absolute atomic E-state index is 0.0565. The first-order chi connectivity index (χ1) is 31.9. The van der Waals surface area contributed by atoms with Gasteiger partial charge in [0.25, 0.3) is 0 Å². The molecule has 344 valence electrons. The van der Waals surface area contributed by atoms with Crippen LogP contribution in [0.2, 0.25) is 10.0 Å². The van der Waals surface area contributed by atoms with E-state index in [1.165, 1.54) is 29.5 Å². The molecule has 66 heavy (non-hydrogen) atoms. The van der Waals surface area contributed by atoms with Gasteiger partial charge in [0, 0.05) is 86.0 Å². The summed E-state index contributed by atoms with van der Waals surface area (Å²) in [6, 6.07) is 4.86. The number of likely N-dealkylation sites (tertiary alicyclic amines) is 2. The summed E-state index contributed by atoms with van der Waals surface area (Å²) >= 11 is 13.6. The predicted molar refractivity (Wildman–Crippen MR) is 249 cm³/mol. The Kier molecular flexibility index (Phi) is 14.3. The second kappa shape index (κ2) is 20.6. The Labute approximate surface area is 390 Å². The molecule has 9 heterocycles. The second-order valence-corrected chi connectivity index (χ2v) is 17.6. The number of methoxy groups -OCH3 is 1. The minimum Gasteiger partial charge on any atom is -0.453 e. The first-order valence-corrected chi connectivity index (χ1v) is 22.6. The minimum atomic E-state index is -0.806. The summed E-state index contributed by atoms with van der Waals surface area (Å²) < 4.78 is 33.3. The number of urea groups is 2. The zero-order valence-corrected chi connectivity index (χ0v) is 38.0. The Morgan fingerprint density at radius 3 is 1.77 bits per heavy atom. The highest BCUT2D eigenvalue weighted by Crippen LogP contribution is 2.31. The maximum Gasteiger partial charge on any atom is 0.415 e. The Hall–Kier alpha value is -6.71. The predicted octanol–water partition coefficient (Wildman–Crippen LogP) is 8.95. The number of anilines is 3. The molecule has 2 unspecified atom stereocenters. The number of H-pyrrole nitrogens is 2. The van der Waals surface area contributed by atoms with E-state index in [0.29, 0.717) is 83.4 Å². The van der Waals surface area contributed by atoms with E-state index in [1.807, 2.05) is 23.3 Å². The number of halogens is 4. The molecule has 0 aromatic carbocycles. The van der Waals surface area contributed by atoms with E-state index in [2.05, 4.69) is 65.9 Å². The molecule has 0 radical (unpaired) electrons. The van der Waals surface area contributed by atoms with E-state index in [0.717, 1.165) is 59.4 Å². The van der Waals surface area contributed by atoms with Crippen LogP contribution in [0, 0.1) is 30.4 Å². The molecular formula is C43H44Cl2F2N14O4S. The number of rotatable bonds is 9. The van der Waals surface area contributed by atoms with Crippen LogP contribution < -0.4 is 21.3 Å². The van der Waals surface area contributed by atoms with Crippen molar-refractivity contribution >= 4 is 91.4 Å². The third-order valence-corrected chi connectivity index (χ3v) is 12.4. The van der Waals surface area contributed by atoms with Gasteiger partial charge in [0.05, 0.1) is 34.5 Å². The average molecular weight is 962 g/mol. The lowest BCUT2D eigenvalue weighted by molar-refractivity contribution is 0.150. The number of nitrogens with one attached hydrogen (secondary N) is 6. The summed E-state index contributed by atoms with van der Waals surface area (Å²) in [5.41, 5.74) is 3.75. The zero-order chi connectivity index (χ0) is 46.3. The maximum absolute atomic E-state index is 14.5. The van der Waals surface area contributed by atoms with Crippen LogP contribution in [0.5, 0.6) is 0 Å². The summed E-state index contributed by atoms with van der Waals surface area (Å²) in [4.78, 5) is 71.0. The van der Waals surface area contributed by atoms with Crippen LogP contribution in [-0.2, 0) is 4.74 Å². The van der Waals surface area contributed by atoms with Crippen LogP contribution in [0.25, 0.3) is 44.8 Å². The van der Waals surface area contributed by atoms with Gasteiger partial charge in [0.1, 0.15) is 11.3 Å². The van der Waals surface area contributed by atoms with E-state index in [1.54, 1.807) is 30.7 Å². The highest BCUT2D eigenvalue weighted by molar-refractivity contribution is 7.14. The Balaban J connectivity index is 0.000000180. The molecule has 6 N–H and O–H groups in total. The third kappa shape index (κ3) is 11.0. The van der Waals surface area contributed by atoms with Gasteiger partial charge in [-0.1, -0.05) is 23.2 Å².